The third kappa shape index (κ3) is 3.88. The zero-order chi connectivity index (χ0) is 14.4. The van der Waals surface area contributed by atoms with Crippen molar-refractivity contribution in [3.05, 3.63) is 27.0 Å². The number of hydrogen-bond donors (Lipinski definition) is 0. The second kappa shape index (κ2) is 7.03. The summed E-state index contributed by atoms with van der Waals surface area (Å²) in [4.78, 5) is 27.3. The predicted molar refractivity (Wildman–Crippen MR) is 73.1 cm³/mol. The molecule has 0 fully saturated rings. The molecule has 1 rings (SSSR count). The van der Waals surface area contributed by atoms with Gasteiger partial charge >= 0.3 is 11.7 Å². The Bertz CT molecular complexity index is 481. The minimum absolute atomic E-state index is 0.0478. The molecule has 0 unspecified atom stereocenters. The molecule has 0 radical (unpaired) electrons. The van der Waals surface area contributed by atoms with Crippen LogP contribution in [0.5, 0.6) is 0 Å². The molecule has 104 valence electrons. The highest BCUT2D eigenvalue weighted by Gasteiger charge is 2.24. The maximum absolute atomic E-state index is 11.5. The second-order valence-corrected chi connectivity index (χ2v) is 4.42. The molecule has 0 spiro atoms. The van der Waals surface area contributed by atoms with Crippen molar-refractivity contribution in [3.63, 3.8) is 0 Å². The average Bonchev–Trinajstić information content (AvgIpc) is 2.36. The van der Waals surface area contributed by atoms with Crippen LogP contribution in [0.2, 0.25) is 0 Å². The SMILES string of the molecule is CCOC(=O)CN(CC)c1c(Br)cncc1[N+](=O)[O-]. The second-order valence-electron chi connectivity index (χ2n) is 3.57. The summed E-state index contributed by atoms with van der Waals surface area (Å²) in [7, 11) is 0. The third-order valence-corrected chi connectivity index (χ3v) is 2.95. The molecule has 0 saturated heterocycles. The molecular weight excluding hydrogens is 318 g/mol. The van der Waals surface area contributed by atoms with E-state index in [0.29, 0.717) is 16.7 Å². The van der Waals surface area contributed by atoms with Gasteiger partial charge in [0.15, 0.2) is 0 Å². The van der Waals surface area contributed by atoms with Gasteiger partial charge in [0.05, 0.1) is 16.0 Å². The van der Waals surface area contributed by atoms with Gasteiger partial charge in [0, 0.05) is 12.7 Å². The van der Waals surface area contributed by atoms with E-state index in [1.54, 1.807) is 18.7 Å². The van der Waals surface area contributed by atoms with Crippen molar-refractivity contribution in [3.8, 4) is 0 Å². The molecule has 0 aromatic carbocycles. The Kier molecular flexibility index (Phi) is 5.68. The zero-order valence-corrected chi connectivity index (χ0v) is 12.2. The van der Waals surface area contributed by atoms with Gasteiger partial charge in [0.1, 0.15) is 18.4 Å². The summed E-state index contributed by atoms with van der Waals surface area (Å²) in [5.74, 6) is -0.428. The van der Waals surface area contributed by atoms with Crippen LogP contribution in [0.4, 0.5) is 11.4 Å². The van der Waals surface area contributed by atoms with Crippen LogP contribution in [0.3, 0.4) is 0 Å². The van der Waals surface area contributed by atoms with Crippen LogP contribution in [-0.4, -0.2) is 35.6 Å². The van der Waals surface area contributed by atoms with Crippen molar-refractivity contribution in [2.75, 3.05) is 24.6 Å². The van der Waals surface area contributed by atoms with Gasteiger partial charge in [-0.1, -0.05) is 0 Å². The Morgan fingerprint density at radius 1 is 1.53 bits per heavy atom. The monoisotopic (exact) mass is 331 g/mol. The number of nitrogens with zero attached hydrogens (tertiary/aromatic N) is 3. The van der Waals surface area contributed by atoms with E-state index in [-0.39, 0.29) is 18.8 Å². The van der Waals surface area contributed by atoms with Gasteiger partial charge in [0.2, 0.25) is 0 Å². The molecule has 0 aliphatic rings. The van der Waals surface area contributed by atoms with Crippen LogP contribution in [-0.2, 0) is 9.53 Å². The van der Waals surface area contributed by atoms with Crippen LogP contribution in [0.25, 0.3) is 0 Å². The summed E-state index contributed by atoms with van der Waals surface area (Å²) in [6.07, 6.45) is 2.62. The fraction of sp³-hybridized carbons (Fsp3) is 0.455. The van der Waals surface area contributed by atoms with Gasteiger partial charge in [-0.3, -0.25) is 19.9 Å². The maximum atomic E-state index is 11.5. The maximum Gasteiger partial charge on any atom is 0.325 e. The summed E-state index contributed by atoms with van der Waals surface area (Å²) in [6.45, 7) is 4.17. The molecule has 0 aliphatic carbocycles. The average molecular weight is 332 g/mol. The lowest BCUT2D eigenvalue weighted by Crippen LogP contribution is -2.31. The fourth-order valence-electron chi connectivity index (χ4n) is 1.58. The number of aromatic nitrogens is 1. The van der Waals surface area contributed by atoms with Crippen molar-refractivity contribution < 1.29 is 14.5 Å². The molecule has 19 heavy (non-hydrogen) atoms. The number of carbonyl (C=O) groups excluding carboxylic acids is 1. The molecule has 1 heterocycles. The van der Waals surface area contributed by atoms with E-state index < -0.39 is 10.9 Å². The lowest BCUT2D eigenvalue weighted by atomic mass is 10.3. The highest BCUT2D eigenvalue weighted by atomic mass is 79.9. The molecule has 0 aliphatic heterocycles. The topological polar surface area (TPSA) is 85.6 Å². The van der Waals surface area contributed by atoms with Crippen molar-refractivity contribution in [1.29, 1.82) is 0 Å². The number of esters is 1. The van der Waals surface area contributed by atoms with E-state index in [1.807, 2.05) is 0 Å². The number of anilines is 1. The van der Waals surface area contributed by atoms with Gasteiger partial charge in [-0.25, -0.2) is 0 Å². The number of pyridine rings is 1. The van der Waals surface area contributed by atoms with Crippen LogP contribution in [0.15, 0.2) is 16.9 Å². The molecule has 0 saturated carbocycles. The van der Waals surface area contributed by atoms with Gasteiger partial charge < -0.3 is 9.64 Å². The van der Waals surface area contributed by atoms with E-state index in [4.69, 9.17) is 4.74 Å². The van der Waals surface area contributed by atoms with Crippen molar-refractivity contribution in [2.45, 2.75) is 13.8 Å². The van der Waals surface area contributed by atoms with Crippen molar-refractivity contribution >= 4 is 33.3 Å². The molecule has 7 nitrogen and oxygen atoms in total. The van der Waals surface area contributed by atoms with Gasteiger partial charge in [-0.05, 0) is 29.8 Å². The first kappa shape index (κ1) is 15.4. The fourth-order valence-corrected chi connectivity index (χ4v) is 2.15. The first-order chi connectivity index (χ1) is 9.01. The van der Waals surface area contributed by atoms with Crippen LogP contribution in [0, 0.1) is 10.1 Å². The number of rotatable bonds is 6. The first-order valence-corrected chi connectivity index (χ1v) is 6.49. The molecule has 0 N–H and O–H groups in total. The Hall–Kier alpha value is -1.70. The Labute approximate surface area is 118 Å². The predicted octanol–water partition coefficient (Wildman–Crippen LogP) is 2.14. The van der Waals surface area contributed by atoms with E-state index in [1.165, 1.54) is 6.20 Å². The standard InChI is InChI=1S/C11H14BrN3O4/c1-3-14(7-10(16)19-4-2)11-8(12)5-13-6-9(11)15(17)18/h5-6H,3-4,7H2,1-2H3. The van der Waals surface area contributed by atoms with Gasteiger partial charge in [-0.2, -0.15) is 0 Å². The van der Waals surface area contributed by atoms with E-state index in [0.717, 1.165) is 6.20 Å². The minimum Gasteiger partial charge on any atom is -0.465 e. The van der Waals surface area contributed by atoms with Crippen LogP contribution >= 0.6 is 15.9 Å². The number of carbonyl (C=O) groups is 1. The number of nitro groups is 1. The quantitative estimate of drug-likeness (QED) is 0.451. The Morgan fingerprint density at radius 2 is 2.21 bits per heavy atom. The normalized spacial score (nSPS) is 10.1. The first-order valence-electron chi connectivity index (χ1n) is 5.69. The minimum atomic E-state index is -0.527. The van der Waals surface area contributed by atoms with Crippen LogP contribution in [0.1, 0.15) is 13.8 Å². The van der Waals surface area contributed by atoms with E-state index >= 15 is 0 Å². The molecule has 1 aromatic heterocycles. The summed E-state index contributed by atoms with van der Waals surface area (Å²) in [5.41, 5.74) is 0.177. The van der Waals surface area contributed by atoms with E-state index in [9.17, 15) is 14.9 Å². The van der Waals surface area contributed by atoms with Gasteiger partial charge in [-0.15, -0.1) is 0 Å². The summed E-state index contributed by atoms with van der Waals surface area (Å²) < 4.78 is 5.32. The summed E-state index contributed by atoms with van der Waals surface area (Å²) in [6, 6.07) is 0. The number of halogens is 1. The molecular formula is C11H14BrN3O4. The van der Waals surface area contributed by atoms with E-state index in [2.05, 4.69) is 20.9 Å². The number of ether oxygens (including phenoxy) is 1. The largest absolute Gasteiger partial charge is 0.465 e. The number of hydrogen-bond acceptors (Lipinski definition) is 6. The lowest BCUT2D eigenvalue weighted by molar-refractivity contribution is -0.384. The summed E-state index contributed by atoms with van der Waals surface area (Å²) >= 11 is 3.23. The smallest absolute Gasteiger partial charge is 0.325 e. The van der Waals surface area contributed by atoms with Crippen LogP contribution < -0.4 is 4.90 Å². The number of likely N-dealkylation sites (N-methyl/N-ethyl adjacent to an activating group) is 1. The van der Waals surface area contributed by atoms with Crippen molar-refractivity contribution in [1.82, 2.24) is 4.98 Å². The highest BCUT2D eigenvalue weighted by Crippen LogP contribution is 2.34. The molecule has 0 atom stereocenters. The molecule has 8 heteroatoms. The Morgan fingerprint density at radius 3 is 2.74 bits per heavy atom. The van der Waals surface area contributed by atoms with Crippen molar-refractivity contribution in [2.24, 2.45) is 0 Å². The lowest BCUT2D eigenvalue weighted by Gasteiger charge is -2.22. The molecule has 0 bridgehead atoms. The third-order valence-electron chi connectivity index (χ3n) is 2.37. The molecule has 0 amide bonds. The highest BCUT2D eigenvalue weighted by molar-refractivity contribution is 9.10. The van der Waals surface area contributed by atoms with Gasteiger partial charge in [0.25, 0.3) is 0 Å². The Balaban J connectivity index is 3.10. The summed E-state index contributed by atoms with van der Waals surface area (Å²) in [5, 5.41) is 11.0. The molecule has 1 aromatic rings. The zero-order valence-electron chi connectivity index (χ0n) is 10.6.